The van der Waals surface area contributed by atoms with Crippen molar-refractivity contribution >= 4 is 23.0 Å². The van der Waals surface area contributed by atoms with Gasteiger partial charge in [0.2, 0.25) is 0 Å². The molecule has 1 fully saturated rings. The summed E-state index contributed by atoms with van der Waals surface area (Å²) in [5, 5.41) is 2.21. The number of aliphatic imine (C=N–C) groups is 1. The summed E-state index contributed by atoms with van der Waals surface area (Å²) in [6.07, 6.45) is 4.53. The van der Waals surface area contributed by atoms with Crippen molar-refractivity contribution in [3.63, 3.8) is 0 Å². The van der Waals surface area contributed by atoms with Gasteiger partial charge >= 0.3 is 0 Å². The van der Waals surface area contributed by atoms with Gasteiger partial charge in [-0.2, -0.15) is 0 Å². The molecule has 4 nitrogen and oxygen atoms in total. The monoisotopic (exact) mass is 317 g/mol. The summed E-state index contributed by atoms with van der Waals surface area (Å²) in [5.41, 5.74) is 4.87. The molecule has 1 saturated carbocycles. The van der Waals surface area contributed by atoms with Crippen LogP contribution < -0.4 is 17.7 Å². The van der Waals surface area contributed by atoms with E-state index in [9.17, 15) is 4.79 Å². The Bertz CT molecular complexity index is 702. The van der Waals surface area contributed by atoms with E-state index in [-0.39, 0.29) is 23.9 Å². The second-order valence-electron chi connectivity index (χ2n) is 6.29. The van der Waals surface area contributed by atoms with E-state index in [4.69, 9.17) is 4.99 Å². The highest BCUT2D eigenvalue weighted by atomic mass is 35.5. The second kappa shape index (κ2) is 5.21. The number of halogens is 1. The Morgan fingerprint density at radius 1 is 1.23 bits per heavy atom. The van der Waals surface area contributed by atoms with Crippen molar-refractivity contribution in [2.45, 2.75) is 38.1 Å². The first kappa shape index (κ1) is 15.3. The SMILES string of the molecule is CC1=Nc2ccccc2[NH2+]C2=C1C(=O)N(C)C21CCCC1.[Cl-]. The van der Waals surface area contributed by atoms with Crippen LogP contribution in [0.25, 0.3) is 0 Å². The molecule has 2 heterocycles. The Morgan fingerprint density at radius 3 is 2.64 bits per heavy atom. The first-order valence-corrected chi connectivity index (χ1v) is 7.66. The van der Waals surface area contributed by atoms with Crippen molar-refractivity contribution in [3.8, 4) is 0 Å². The third-order valence-electron chi connectivity index (χ3n) is 5.25. The summed E-state index contributed by atoms with van der Waals surface area (Å²) in [5.74, 6) is 0.136. The van der Waals surface area contributed by atoms with E-state index < -0.39 is 0 Å². The van der Waals surface area contributed by atoms with Gasteiger partial charge in [-0.3, -0.25) is 10.1 Å². The number of hydrogen-bond acceptors (Lipinski definition) is 2. The van der Waals surface area contributed by atoms with Crippen molar-refractivity contribution < 1.29 is 22.5 Å². The van der Waals surface area contributed by atoms with Crippen LogP contribution in [0.4, 0.5) is 11.4 Å². The Morgan fingerprint density at radius 2 is 1.91 bits per heavy atom. The number of amides is 1. The minimum atomic E-state index is -0.0966. The summed E-state index contributed by atoms with van der Waals surface area (Å²) in [4.78, 5) is 19.5. The molecular formula is C17H20ClN3O. The van der Waals surface area contributed by atoms with Gasteiger partial charge in [0, 0.05) is 13.1 Å². The van der Waals surface area contributed by atoms with Gasteiger partial charge in [0.05, 0.1) is 5.71 Å². The molecule has 0 bridgehead atoms. The summed E-state index contributed by atoms with van der Waals surface area (Å²) in [7, 11) is 1.95. The number of nitrogens with zero attached hydrogens (tertiary/aromatic N) is 2. The van der Waals surface area contributed by atoms with E-state index in [1.165, 1.54) is 18.5 Å². The van der Waals surface area contributed by atoms with Gasteiger partial charge in [-0.05, 0) is 25.8 Å². The molecule has 4 rings (SSSR count). The lowest BCUT2D eigenvalue weighted by Gasteiger charge is -2.32. The molecule has 0 atom stereocenters. The van der Waals surface area contributed by atoms with E-state index >= 15 is 0 Å². The molecule has 0 unspecified atom stereocenters. The van der Waals surface area contributed by atoms with Crippen LogP contribution in [0.2, 0.25) is 0 Å². The molecule has 2 N–H and O–H groups in total. The Labute approximate surface area is 136 Å². The molecule has 1 aromatic rings. The maximum absolute atomic E-state index is 12.8. The van der Waals surface area contributed by atoms with Gasteiger partial charge in [-0.25, -0.2) is 4.99 Å². The van der Waals surface area contributed by atoms with Crippen molar-refractivity contribution in [1.29, 1.82) is 0 Å². The zero-order valence-corrected chi connectivity index (χ0v) is 13.7. The van der Waals surface area contributed by atoms with Crippen LogP contribution in [0.15, 0.2) is 40.5 Å². The third kappa shape index (κ3) is 1.87. The minimum Gasteiger partial charge on any atom is -1.00 e. The van der Waals surface area contributed by atoms with E-state index in [2.05, 4.69) is 11.4 Å². The predicted molar refractivity (Wildman–Crippen MR) is 81.8 cm³/mol. The third-order valence-corrected chi connectivity index (χ3v) is 5.25. The molecule has 116 valence electrons. The lowest BCUT2D eigenvalue weighted by Crippen LogP contribution is -3.00. The lowest BCUT2D eigenvalue weighted by molar-refractivity contribution is -0.527. The van der Waals surface area contributed by atoms with Gasteiger partial charge in [-0.15, -0.1) is 0 Å². The highest BCUT2D eigenvalue weighted by Crippen LogP contribution is 2.45. The number of hydrogen-bond donors (Lipinski definition) is 1. The van der Waals surface area contributed by atoms with E-state index in [0.717, 1.165) is 35.5 Å². The summed E-state index contributed by atoms with van der Waals surface area (Å²) in [6.45, 7) is 1.96. The minimum absolute atomic E-state index is 0. The fraction of sp³-hybridized carbons (Fsp3) is 0.412. The quantitative estimate of drug-likeness (QED) is 0.615. The standard InChI is InChI=1S/C17H19N3O.ClH/c1-11-14-15(19-13-8-4-3-7-12(13)18-11)17(9-5-6-10-17)20(2)16(14)21;/h3-4,7-8,19H,5-6,9-10H2,1-2H3;1H. The molecule has 2 aliphatic heterocycles. The van der Waals surface area contributed by atoms with Gasteiger partial charge in [-0.1, -0.05) is 25.0 Å². The average molecular weight is 318 g/mol. The number of carbonyl (C=O) groups is 1. The topological polar surface area (TPSA) is 49.3 Å². The lowest BCUT2D eigenvalue weighted by atomic mass is 9.92. The second-order valence-corrected chi connectivity index (χ2v) is 6.29. The molecule has 0 aromatic heterocycles. The van der Waals surface area contributed by atoms with Crippen LogP contribution in [0.3, 0.4) is 0 Å². The average Bonchev–Trinajstić information content (AvgIpc) is 2.99. The normalized spacial score (nSPS) is 22.2. The van der Waals surface area contributed by atoms with Crippen molar-refractivity contribution in [3.05, 3.63) is 35.5 Å². The Balaban J connectivity index is 0.00000144. The summed E-state index contributed by atoms with van der Waals surface area (Å²) < 4.78 is 0. The number of nitrogens with two attached hydrogens (primary N) is 1. The van der Waals surface area contributed by atoms with Gasteiger partial charge in [0.25, 0.3) is 5.91 Å². The van der Waals surface area contributed by atoms with Crippen LogP contribution in [0.1, 0.15) is 32.6 Å². The number of benzene rings is 1. The number of para-hydroxylation sites is 2. The Kier molecular flexibility index (Phi) is 3.62. The maximum atomic E-state index is 12.8. The van der Waals surface area contributed by atoms with Crippen LogP contribution in [0.5, 0.6) is 0 Å². The van der Waals surface area contributed by atoms with Gasteiger partial charge < -0.3 is 17.3 Å². The molecular weight excluding hydrogens is 298 g/mol. The molecule has 1 amide bonds. The number of likely N-dealkylation sites (N-methyl/N-ethyl adjacent to an activating group) is 1. The van der Waals surface area contributed by atoms with Gasteiger partial charge in [0.15, 0.2) is 11.4 Å². The van der Waals surface area contributed by atoms with Gasteiger partial charge in [0.1, 0.15) is 16.8 Å². The predicted octanol–water partition coefficient (Wildman–Crippen LogP) is -0.970. The maximum Gasteiger partial charge on any atom is 0.262 e. The molecule has 1 aliphatic carbocycles. The highest BCUT2D eigenvalue weighted by Gasteiger charge is 2.55. The number of quaternary nitrogens is 1. The highest BCUT2D eigenvalue weighted by molar-refractivity contribution is 6.23. The smallest absolute Gasteiger partial charge is 0.262 e. The number of rotatable bonds is 0. The van der Waals surface area contributed by atoms with E-state index in [1.54, 1.807) is 0 Å². The van der Waals surface area contributed by atoms with Crippen molar-refractivity contribution in [2.24, 2.45) is 4.99 Å². The van der Waals surface area contributed by atoms with Crippen LogP contribution in [-0.4, -0.2) is 29.1 Å². The number of fused-ring (bicyclic) bond motifs is 2. The molecule has 3 aliphatic rings. The van der Waals surface area contributed by atoms with E-state index in [0.29, 0.717) is 0 Å². The van der Waals surface area contributed by atoms with Crippen molar-refractivity contribution in [1.82, 2.24) is 4.90 Å². The van der Waals surface area contributed by atoms with E-state index in [1.807, 2.05) is 37.1 Å². The number of carbonyl (C=O) groups excluding carboxylic acids is 1. The molecule has 0 radical (unpaired) electrons. The molecule has 1 aromatic carbocycles. The Hall–Kier alpha value is -1.65. The fourth-order valence-corrected chi connectivity index (χ4v) is 4.11. The first-order valence-electron chi connectivity index (χ1n) is 7.66. The van der Waals surface area contributed by atoms with Crippen LogP contribution >= 0.6 is 0 Å². The zero-order chi connectivity index (χ0) is 14.6. The molecule has 22 heavy (non-hydrogen) atoms. The molecule has 5 heteroatoms. The zero-order valence-electron chi connectivity index (χ0n) is 12.9. The summed E-state index contributed by atoms with van der Waals surface area (Å²) in [6, 6.07) is 8.15. The van der Waals surface area contributed by atoms with Crippen LogP contribution in [0, 0.1) is 0 Å². The molecule has 0 saturated heterocycles. The fourth-order valence-electron chi connectivity index (χ4n) is 4.11. The van der Waals surface area contributed by atoms with Crippen molar-refractivity contribution in [2.75, 3.05) is 7.05 Å². The summed E-state index contributed by atoms with van der Waals surface area (Å²) >= 11 is 0. The largest absolute Gasteiger partial charge is 1.00 e. The molecule has 1 spiro atoms. The van der Waals surface area contributed by atoms with Crippen LogP contribution in [-0.2, 0) is 4.79 Å². The first-order chi connectivity index (χ1) is 10.1.